The van der Waals surface area contributed by atoms with Crippen LogP contribution < -0.4 is 10.1 Å². The third-order valence-corrected chi connectivity index (χ3v) is 2.97. The van der Waals surface area contributed by atoms with Crippen molar-refractivity contribution in [2.75, 3.05) is 6.73 Å². The lowest BCUT2D eigenvalue weighted by atomic mass is 10.1. The number of halogens is 3. The zero-order valence-corrected chi connectivity index (χ0v) is 11.6. The third kappa shape index (κ3) is 4.49. The van der Waals surface area contributed by atoms with Crippen molar-refractivity contribution >= 4 is 0 Å². The van der Waals surface area contributed by atoms with Crippen molar-refractivity contribution in [3.05, 3.63) is 65.2 Å². The van der Waals surface area contributed by atoms with Crippen molar-refractivity contribution < 1.29 is 17.9 Å². The van der Waals surface area contributed by atoms with Gasteiger partial charge in [0.25, 0.3) is 0 Å². The number of para-hydroxylation sites is 1. The molecule has 2 aromatic rings. The minimum absolute atomic E-state index is 0.0149. The highest BCUT2D eigenvalue weighted by atomic mass is 19.4. The molecule has 0 radical (unpaired) electrons. The first-order valence-corrected chi connectivity index (χ1v) is 6.52. The summed E-state index contributed by atoms with van der Waals surface area (Å²) < 4.78 is 43.5. The van der Waals surface area contributed by atoms with Crippen LogP contribution in [0.4, 0.5) is 13.2 Å². The Morgan fingerprint density at radius 1 is 1.00 bits per heavy atom. The second kappa shape index (κ2) is 6.63. The Hall–Kier alpha value is -2.01. The van der Waals surface area contributed by atoms with Gasteiger partial charge in [0, 0.05) is 6.54 Å². The van der Waals surface area contributed by atoms with E-state index in [2.05, 4.69) is 5.32 Å². The molecule has 0 unspecified atom stereocenters. The number of hydrogen-bond donors (Lipinski definition) is 1. The molecule has 0 saturated heterocycles. The predicted octanol–water partition coefficient (Wildman–Crippen LogP) is 4.14. The van der Waals surface area contributed by atoms with Crippen LogP contribution in [0.2, 0.25) is 0 Å². The summed E-state index contributed by atoms with van der Waals surface area (Å²) in [7, 11) is 0. The fourth-order valence-electron chi connectivity index (χ4n) is 1.86. The number of hydrogen-bond acceptors (Lipinski definition) is 2. The van der Waals surface area contributed by atoms with Crippen LogP contribution in [-0.4, -0.2) is 6.73 Å². The van der Waals surface area contributed by atoms with E-state index in [0.717, 1.165) is 17.2 Å². The second-order valence-electron chi connectivity index (χ2n) is 4.69. The molecule has 2 aromatic carbocycles. The first-order chi connectivity index (χ1) is 9.97. The molecule has 0 spiro atoms. The van der Waals surface area contributed by atoms with Gasteiger partial charge in [0.1, 0.15) is 12.5 Å². The van der Waals surface area contributed by atoms with Crippen LogP contribution in [-0.2, 0) is 12.7 Å². The zero-order valence-electron chi connectivity index (χ0n) is 11.6. The Balaban J connectivity index is 1.88. The van der Waals surface area contributed by atoms with Crippen LogP contribution in [0.5, 0.6) is 5.75 Å². The summed E-state index contributed by atoms with van der Waals surface area (Å²) in [6.45, 7) is 2.55. The van der Waals surface area contributed by atoms with E-state index in [1.807, 2.05) is 31.2 Å². The zero-order chi connectivity index (χ0) is 15.3. The largest absolute Gasteiger partial charge is 0.478 e. The quantitative estimate of drug-likeness (QED) is 0.661. The highest BCUT2D eigenvalue weighted by Gasteiger charge is 2.33. The molecule has 112 valence electrons. The molecule has 0 saturated carbocycles. The van der Waals surface area contributed by atoms with Gasteiger partial charge in [0.15, 0.2) is 0 Å². The summed E-state index contributed by atoms with van der Waals surface area (Å²) in [4.78, 5) is 0. The minimum atomic E-state index is -4.41. The van der Waals surface area contributed by atoms with Gasteiger partial charge in [-0.3, -0.25) is 5.32 Å². The molecule has 2 rings (SSSR count). The molecule has 0 heterocycles. The number of nitrogens with one attached hydrogen (secondary N) is 1. The van der Waals surface area contributed by atoms with Crippen molar-refractivity contribution in [2.24, 2.45) is 0 Å². The van der Waals surface area contributed by atoms with Crippen LogP contribution >= 0.6 is 0 Å². The van der Waals surface area contributed by atoms with E-state index in [-0.39, 0.29) is 12.5 Å². The summed E-state index contributed by atoms with van der Waals surface area (Å²) in [5.74, 6) is -0.165. The van der Waals surface area contributed by atoms with E-state index in [1.54, 1.807) is 0 Å². The number of ether oxygens (including phenoxy) is 1. The van der Waals surface area contributed by atoms with E-state index < -0.39 is 11.7 Å². The lowest BCUT2D eigenvalue weighted by Crippen LogP contribution is -2.21. The van der Waals surface area contributed by atoms with E-state index in [9.17, 15) is 13.2 Å². The van der Waals surface area contributed by atoms with Crippen molar-refractivity contribution in [1.82, 2.24) is 5.32 Å². The van der Waals surface area contributed by atoms with E-state index in [0.29, 0.717) is 6.54 Å². The Bertz CT molecular complexity index is 579. The lowest BCUT2D eigenvalue weighted by Gasteiger charge is -2.14. The Labute approximate surface area is 121 Å². The molecule has 0 atom stereocenters. The fourth-order valence-corrected chi connectivity index (χ4v) is 1.86. The Morgan fingerprint density at radius 2 is 1.67 bits per heavy atom. The van der Waals surface area contributed by atoms with Gasteiger partial charge in [0.2, 0.25) is 0 Å². The van der Waals surface area contributed by atoms with Crippen molar-refractivity contribution in [2.45, 2.75) is 19.6 Å². The maximum atomic E-state index is 12.8. The van der Waals surface area contributed by atoms with Gasteiger partial charge in [-0.2, -0.15) is 13.2 Å². The average molecular weight is 295 g/mol. The van der Waals surface area contributed by atoms with Gasteiger partial charge < -0.3 is 4.74 Å². The molecule has 0 bridgehead atoms. The van der Waals surface area contributed by atoms with Gasteiger partial charge in [-0.1, -0.05) is 42.0 Å². The molecule has 0 aliphatic heterocycles. The molecular weight excluding hydrogens is 279 g/mol. The predicted molar refractivity (Wildman–Crippen MR) is 75.0 cm³/mol. The maximum absolute atomic E-state index is 12.8. The summed E-state index contributed by atoms with van der Waals surface area (Å²) in [5, 5.41) is 2.96. The van der Waals surface area contributed by atoms with E-state index >= 15 is 0 Å². The monoisotopic (exact) mass is 295 g/mol. The average Bonchev–Trinajstić information content (AvgIpc) is 2.45. The van der Waals surface area contributed by atoms with Gasteiger partial charge >= 0.3 is 6.18 Å². The molecule has 0 aromatic heterocycles. The Morgan fingerprint density at radius 3 is 2.33 bits per heavy atom. The first-order valence-electron chi connectivity index (χ1n) is 6.52. The smallest absolute Gasteiger partial charge is 0.419 e. The topological polar surface area (TPSA) is 21.3 Å². The number of benzene rings is 2. The van der Waals surface area contributed by atoms with Crippen molar-refractivity contribution in [1.29, 1.82) is 0 Å². The normalized spacial score (nSPS) is 11.4. The van der Waals surface area contributed by atoms with Crippen LogP contribution in [0.25, 0.3) is 0 Å². The second-order valence-corrected chi connectivity index (χ2v) is 4.69. The molecule has 0 aliphatic rings. The lowest BCUT2D eigenvalue weighted by molar-refractivity contribution is -0.139. The third-order valence-electron chi connectivity index (χ3n) is 2.97. The number of alkyl halides is 3. The van der Waals surface area contributed by atoms with Gasteiger partial charge in [0.05, 0.1) is 5.56 Å². The molecule has 0 aliphatic carbocycles. The fraction of sp³-hybridized carbons (Fsp3) is 0.250. The van der Waals surface area contributed by atoms with Gasteiger partial charge in [-0.25, -0.2) is 0 Å². The van der Waals surface area contributed by atoms with E-state index in [4.69, 9.17) is 4.74 Å². The van der Waals surface area contributed by atoms with E-state index in [1.165, 1.54) is 18.2 Å². The van der Waals surface area contributed by atoms with Crippen molar-refractivity contribution in [3.8, 4) is 5.75 Å². The molecule has 21 heavy (non-hydrogen) atoms. The molecule has 5 heteroatoms. The number of aryl methyl sites for hydroxylation is 1. The van der Waals surface area contributed by atoms with Crippen LogP contribution in [0.1, 0.15) is 16.7 Å². The van der Waals surface area contributed by atoms with Crippen LogP contribution in [0, 0.1) is 6.92 Å². The standard InChI is InChI=1S/C16H16F3NO/c1-12-6-8-13(9-7-12)10-20-11-21-15-5-3-2-4-14(15)16(17,18)19/h2-9,20H,10-11H2,1H3. The molecule has 0 fully saturated rings. The Kier molecular flexibility index (Phi) is 4.85. The summed E-state index contributed by atoms with van der Waals surface area (Å²) >= 11 is 0. The molecule has 2 nitrogen and oxygen atoms in total. The highest BCUT2D eigenvalue weighted by molar-refractivity contribution is 5.35. The SMILES string of the molecule is Cc1ccc(CNCOc2ccccc2C(F)(F)F)cc1. The van der Waals surface area contributed by atoms with Gasteiger partial charge in [-0.15, -0.1) is 0 Å². The molecular formula is C16H16F3NO. The summed E-state index contributed by atoms with van der Waals surface area (Å²) in [5.41, 5.74) is 1.45. The van der Waals surface area contributed by atoms with Crippen LogP contribution in [0.15, 0.2) is 48.5 Å². The molecule has 1 N–H and O–H groups in total. The van der Waals surface area contributed by atoms with Gasteiger partial charge in [-0.05, 0) is 24.6 Å². The maximum Gasteiger partial charge on any atom is 0.419 e. The van der Waals surface area contributed by atoms with Crippen molar-refractivity contribution in [3.63, 3.8) is 0 Å². The number of rotatable bonds is 5. The highest BCUT2D eigenvalue weighted by Crippen LogP contribution is 2.35. The molecule has 0 amide bonds. The van der Waals surface area contributed by atoms with Crippen LogP contribution in [0.3, 0.4) is 0 Å². The summed E-state index contributed by atoms with van der Waals surface area (Å²) in [6, 6.07) is 13.1. The summed E-state index contributed by atoms with van der Waals surface area (Å²) in [6.07, 6.45) is -4.41. The first kappa shape index (κ1) is 15.4. The minimum Gasteiger partial charge on any atom is -0.478 e.